The predicted molar refractivity (Wildman–Crippen MR) is 63.4 cm³/mol. The lowest BCUT2D eigenvalue weighted by Gasteiger charge is -2.52. The summed E-state index contributed by atoms with van der Waals surface area (Å²) in [6, 6.07) is -0.0748. The molecule has 2 fully saturated rings. The lowest BCUT2D eigenvalue weighted by atomic mass is 9.66. The van der Waals surface area contributed by atoms with E-state index in [9.17, 15) is 4.79 Å². The zero-order valence-corrected chi connectivity index (χ0v) is 11.4. The van der Waals surface area contributed by atoms with Crippen molar-refractivity contribution in [3.63, 3.8) is 0 Å². The van der Waals surface area contributed by atoms with Crippen LogP contribution in [-0.4, -0.2) is 41.0 Å². The number of nitrogens with zero attached hydrogens (tertiary/aromatic N) is 1. The lowest BCUT2D eigenvalue weighted by molar-refractivity contribution is -0.198. The minimum absolute atomic E-state index is 0.00440. The Hall–Kier alpha value is -0.410. The average molecular weight is 225 g/mol. The first-order chi connectivity index (χ1) is 7.07. The van der Waals surface area contributed by atoms with Crippen LogP contribution in [0, 0.1) is 5.41 Å². The van der Waals surface area contributed by atoms with Gasteiger partial charge in [-0.2, -0.15) is 0 Å². The van der Waals surface area contributed by atoms with Crippen LogP contribution in [0.15, 0.2) is 0 Å². The van der Waals surface area contributed by atoms with Crippen LogP contribution >= 0.6 is 0 Å². The minimum Gasteiger partial charge on any atom is -0.360 e. The highest BCUT2D eigenvalue weighted by Crippen LogP contribution is 2.56. The number of hydrogen-bond donors (Lipinski definition) is 0. The zero-order chi connectivity index (χ0) is 12.5. The molecule has 0 aromatic heterocycles. The van der Waals surface area contributed by atoms with Crippen molar-refractivity contribution in [1.82, 2.24) is 4.90 Å². The SMILES string of the molecule is C[C@@H]1OC2(C(C)(C)C)C(=O)[C@H]1N(C)C2(C)C. The van der Waals surface area contributed by atoms with Gasteiger partial charge in [-0.15, -0.1) is 0 Å². The number of likely N-dealkylation sites (tertiary alicyclic amines) is 1. The Morgan fingerprint density at radius 1 is 1.31 bits per heavy atom. The van der Waals surface area contributed by atoms with E-state index in [1.807, 2.05) is 14.0 Å². The summed E-state index contributed by atoms with van der Waals surface area (Å²) in [5, 5.41) is 0. The Labute approximate surface area is 98.1 Å². The van der Waals surface area contributed by atoms with Crippen LogP contribution in [0.25, 0.3) is 0 Å². The topological polar surface area (TPSA) is 29.5 Å². The second-order valence-corrected chi connectivity index (χ2v) is 6.73. The van der Waals surface area contributed by atoms with Crippen molar-refractivity contribution in [2.75, 3.05) is 7.05 Å². The highest BCUT2D eigenvalue weighted by atomic mass is 16.5. The van der Waals surface area contributed by atoms with Crippen LogP contribution in [0.2, 0.25) is 0 Å². The summed E-state index contributed by atoms with van der Waals surface area (Å²) in [6.07, 6.45) is 0.00440. The number of hydrogen-bond acceptors (Lipinski definition) is 3. The molecule has 2 aliphatic rings. The fraction of sp³-hybridized carbons (Fsp3) is 0.923. The van der Waals surface area contributed by atoms with E-state index in [1.165, 1.54) is 0 Å². The third-order valence-electron chi connectivity index (χ3n) is 4.64. The Balaban J connectivity index is 2.62. The van der Waals surface area contributed by atoms with Crippen molar-refractivity contribution in [3.8, 4) is 0 Å². The first-order valence-corrected chi connectivity index (χ1v) is 6.02. The van der Waals surface area contributed by atoms with E-state index >= 15 is 0 Å². The summed E-state index contributed by atoms with van der Waals surface area (Å²) in [4.78, 5) is 14.8. The number of morpholine rings is 1. The highest BCUT2D eigenvalue weighted by Gasteiger charge is 2.74. The van der Waals surface area contributed by atoms with Crippen LogP contribution < -0.4 is 0 Å². The van der Waals surface area contributed by atoms with E-state index in [4.69, 9.17) is 4.74 Å². The maximum absolute atomic E-state index is 12.6. The molecule has 92 valence electrons. The molecule has 3 nitrogen and oxygen atoms in total. The van der Waals surface area contributed by atoms with Gasteiger partial charge < -0.3 is 4.74 Å². The molecule has 2 bridgehead atoms. The molecule has 2 heterocycles. The zero-order valence-electron chi connectivity index (χ0n) is 11.4. The molecule has 0 aromatic rings. The van der Waals surface area contributed by atoms with Gasteiger partial charge in [0, 0.05) is 5.41 Å². The van der Waals surface area contributed by atoms with Crippen LogP contribution in [0.1, 0.15) is 41.5 Å². The normalized spacial score (nSPS) is 43.1. The third-order valence-corrected chi connectivity index (χ3v) is 4.64. The van der Waals surface area contributed by atoms with Gasteiger partial charge in [-0.1, -0.05) is 20.8 Å². The van der Waals surface area contributed by atoms with E-state index < -0.39 is 5.60 Å². The van der Waals surface area contributed by atoms with Crippen LogP contribution in [-0.2, 0) is 9.53 Å². The average Bonchev–Trinajstić information content (AvgIpc) is 2.42. The molecule has 0 amide bonds. The summed E-state index contributed by atoms with van der Waals surface area (Å²) < 4.78 is 6.12. The molecule has 3 heteroatoms. The van der Waals surface area contributed by atoms with Gasteiger partial charge in [-0.05, 0) is 27.8 Å². The molecular formula is C13H23NO2. The first-order valence-electron chi connectivity index (χ1n) is 6.02. The summed E-state index contributed by atoms with van der Waals surface area (Å²) >= 11 is 0. The number of Topliss-reactive ketones (excluding diaryl/α,β-unsaturated/α-hetero) is 1. The number of carbonyl (C=O) groups excluding carboxylic acids is 1. The Bertz CT molecular complexity index is 342. The van der Waals surface area contributed by atoms with Gasteiger partial charge in [-0.25, -0.2) is 0 Å². The number of likely N-dealkylation sites (N-methyl/N-ethyl adjacent to an activating group) is 1. The minimum atomic E-state index is -0.668. The number of ketones is 1. The molecule has 0 aromatic carbocycles. The number of carbonyl (C=O) groups is 1. The van der Waals surface area contributed by atoms with Gasteiger partial charge >= 0.3 is 0 Å². The molecule has 2 rings (SSSR count). The van der Waals surface area contributed by atoms with E-state index in [1.54, 1.807) is 0 Å². The molecule has 16 heavy (non-hydrogen) atoms. The summed E-state index contributed by atoms with van der Waals surface area (Å²) in [5.41, 5.74) is -1.08. The maximum Gasteiger partial charge on any atom is 0.186 e. The number of rotatable bonds is 0. The van der Waals surface area contributed by atoms with Gasteiger partial charge in [0.1, 0.15) is 0 Å². The molecule has 0 radical (unpaired) electrons. The highest BCUT2D eigenvalue weighted by molar-refractivity contribution is 5.99. The second kappa shape index (κ2) is 2.88. The predicted octanol–water partition coefficient (Wildman–Crippen LogP) is 1.85. The van der Waals surface area contributed by atoms with Gasteiger partial charge in [0.25, 0.3) is 0 Å². The molecule has 3 atom stereocenters. The monoisotopic (exact) mass is 225 g/mol. The molecule has 2 aliphatic heterocycles. The number of fused-ring (bicyclic) bond motifs is 2. The largest absolute Gasteiger partial charge is 0.360 e. The van der Waals surface area contributed by atoms with Crippen molar-refractivity contribution < 1.29 is 9.53 Å². The Kier molecular flexibility index (Phi) is 2.17. The quantitative estimate of drug-likeness (QED) is 0.630. The van der Waals surface area contributed by atoms with E-state index in [-0.39, 0.29) is 28.9 Å². The molecular weight excluding hydrogens is 202 g/mol. The van der Waals surface area contributed by atoms with Crippen LogP contribution in [0.4, 0.5) is 0 Å². The van der Waals surface area contributed by atoms with Gasteiger partial charge in [-0.3, -0.25) is 9.69 Å². The summed E-state index contributed by atoms with van der Waals surface area (Å²) in [7, 11) is 2.04. The molecule has 0 saturated carbocycles. The van der Waals surface area contributed by atoms with Gasteiger partial charge in [0.2, 0.25) is 0 Å². The lowest BCUT2D eigenvalue weighted by Crippen LogP contribution is -2.65. The van der Waals surface area contributed by atoms with E-state index in [2.05, 4.69) is 39.5 Å². The Morgan fingerprint density at radius 3 is 2.12 bits per heavy atom. The fourth-order valence-corrected chi connectivity index (χ4v) is 3.82. The van der Waals surface area contributed by atoms with Crippen LogP contribution in [0.5, 0.6) is 0 Å². The number of ether oxygens (including phenoxy) is 1. The molecule has 0 spiro atoms. The van der Waals surface area contributed by atoms with Crippen molar-refractivity contribution >= 4 is 5.78 Å². The molecule has 0 N–H and O–H groups in total. The smallest absolute Gasteiger partial charge is 0.186 e. The van der Waals surface area contributed by atoms with Gasteiger partial charge in [0.05, 0.1) is 17.7 Å². The second-order valence-electron chi connectivity index (χ2n) is 6.73. The van der Waals surface area contributed by atoms with E-state index in [0.29, 0.717) is 0 Å². The van der Waals surface area contributed by atoms with Gasteiger partial charge in [0.15, 0.2) is 11.4 Å². The van der Waals surface area contributed by atoms with E-state index in [0.717, 1.165) is 0 Å². The summed E-state index contributed by atoms with van der Waals surface area (Å²) in [6.45, 7) is 12.5. The van der Waals surface area contributed by atoms with Crippen molar-refractivity contribution in [3.05, 3.63) is 0 Å². The standard InChI is InChI=1S/C13H23NO2/c1-8-9-10(15)13(16-8,11(2,3)4)12(5,6)14(9)7/h8-9H,1-7H3/t8-,9-,13?/m0/s1. The fourth-order valence-electron chi connectivity index (χ4n) is 3.82. The van der Waals surface area contributed by atoms with Crippen molar-refractivity contribution in [2.45, 2.75) is 64.8 Å². The molecule has 1 unspecified atom stereocenters. The molecule has 2 saturated heterocycles. The first kappa shape index (κ1) is 12.1. The molecule has 0 aliphatic carbocycles. The maximum atomic E-state index is 12.6. The van der Waals surface area contributed by atoms with Crippen molar-refractivity contribution in [1.29, 1.82) is 0 Å². The Morgan fingerprint density at radius 2 is 1.81 bits per heavy atom. The van der Waals surface area contributed by atoms with Crippen LogP contribution in [0.3, 0.4) is 0 Å². The van der Waals surface area contributed by atoms with Crippen molar-refractivity contribution in [2.24, 2.45) is 5.41 Å². The summed E-state index contributed by atoms with van der Waals surface area (Å²) in [5.74, 6) is 0.264. The third kappa shape index (κ3) is 0.992.